The summed E-state index contributed by atoms with van der Waals surface area (Å²) in [6.45, 7) is 4.96. The van der Waals surface area contributed by atoms with Gasteiger partial charge < -0.3 is 0 Å². The summed E-state index contributed by atoms with van der Waals surface area (Å²) in [5, 5.41) is 0. The first-order valence-corrected chi connectivity index (χ1v) is 6.34. The van der Waals surface area contributed by atoms with Gasteiger partial charge in [-0.3, -0.25) is 4.90 Å². The lowest BCUT2D eigenvalue weighted by Gasteiger charge is -2.31. The zero-order valence-electron chi connectivity index (χ0n) is 10.3. The molecule has 1 aromatic carbocycles. The molecule has 0 N–H and O–H groups in total. The van der Waals surface area contributed by atoms with Crippen LogP contribution < -0.4 is 0 Å². The minimum atomic E-state index is -0.483. The SMILES string of the molecule is CCC1CCN(Cc2cc(F)cc(F)c2)CC1. The van der Waals surface area contributed by atoms with Crippen molar-refractivity contribution in [3.8, 4) is 0 Å². The summed E-state index contributed by atoms with van der Waals surface area (Å²) in [5.41, 5.74) is 0.734. The number of hydrogen-bond acceptors (Lipinski definition) is 1. The first-order valence-electron chi connectivity index (χ1n) is 6.34. The van der Waals surface area contributed by atoms with Crippen molar-refractivity contribution in [3.63, 3.8) is 0 Å². The highest BCUT2D eigenvalue weighted by Gasteiger charge is 2.17. The second-order valence-corrected chi connectivity index (χ2v) is 4.91. The zero-order chi connectivity index (χ0) is 12.3. The van der Waals surface area contributed by atoms with Gasteiger partial charge in [0, 0.05) is 12.6 Å². The van der Waals surface area contributed by atoms with Crippen LogP contribution in [0.5, 0.6) is 0 Å². The molecule has 0 aliphatic carbocycles. The normalized spacial score (nSPS) is 18.5. The molecule has 1 saturated heterocycles. The molecule has 0 spiro atoms. The Balaban J connectivity index is 1.93. The number of likely N-dealkylation sites (tertiary alicyclic amines) is 1. The molecule has 3 heteroatoms. The van der Waals surface area contributed by atoms with Crippen molar-refractivity contribution < 1.29 is 8.78 Å². The molecule has 1 aliphatic heterocycles. The van der Waals surface area contributed by atoms with Gasteiger partial charge in [-0.05, 0) is 49.5 Å². The van der Waals surface area contributed by atoms with E-state index in [0.717, 1.165) is 30.6 Å². The van der Waals surface area contributed by atoms with Crippen molar-refractivity contribution in [2.45, 2.75) is 32.7 Å². The molecular formula is C14H19F2N. The number of piperidine rings is 1. The van der Waals surface area contributed by atoms with Crippen LogP contribution in [0, 0.1) is 17.6 Å². The van der Waals surface area contributed by atoms with E-state index >= 15 is 0 Å². The Labute approximate surface area is 101 Å². The molecule has 1 heterocycles. The monoisotopic (exact) mass is 239 g/mol. The van der Waals surface area contributed by atoms with Crippen LogP contribution >= 0.6 is 0 Å². The lowest BCUT2D eigenvalue weighted by molar-refractivity contribution is 0.174. The Morgan fingerprint density at radius 2 is 1.71 bits per heavy atom. The maximum Gasteiger partial charge on any atom is 0.126 e. The Morgan fingerprint density at radius 1 is 1.12 bits per heavy atom. The summed E-state index contributed by atoms with van der Waals surface area (Å²) in [4.78, 5) is 2.28. The van der Waals surface area contributed by atoms with Gasteiger partial charge in [0.05, 0.1) is 0 Å². The van der Waals surface area contributed by atoms with E-state index in [-0.39, 0.29) is 0 Å². The molecule has 1 aliphatic rings. The van der Waals surface area contributed by atoms with Gasteiger partial charge in [0.2, 0.25) is 0 Å². The van der Waals surface area contributed by atoms with Crippen molar-refractivity contribution in [2.24, 2.45) is 5.92 Å². The van der Waals surface area contributed by atoms with Gasteiger partial charge in [-0.1, -0.05) is 13.3 Å². The number of benzene rings is 1. The minimum Gasteiger partial charge on any atom is -0.299 e. The van der Waals surface area contributed by atoms with E-state index in [2.05, 4.69) is 11.8 Å². The fraction of sp³-hybridized carbons (Fsp3) is 0.571. The maximum atomic E-state index is 13.0. The third-order valence-electron chi connectivity index (χ3n) is 3.61. The first-order chi connectivity index (χ1) is 8.17. The third-order valence-corrected chi connectivity index (χ3v) is 3.61. The molecule has 0 amide bonds. The Morgan fingerprint density at radius 3 is 2.24 bits per heavy atom. The molecule has 0 bridgehead atoms. The molecule has 1 aromatic rings. The van der Waals surface area contributed by atoms with E-state index < -0.39 is 11.6 Å². The second-order valence-electron chi connectivity index (χ2n) is 4.91. The molecule has 0 aromatic heterocycles. The fourth-order valence-electron chi connectivity index (χ4n) is 2.51. The van der Waals surface area contributed by atoms with Crippen LogP contribution in [0.15, 0.2) is 18.2 Å². The smallest absolute Gasteiger partial charge is 0.126 e. The van der Waals surface area contributed by atoms with E-state index in [1.807, 2.05) is 0 Å². The molecule has 17 heavy (non-hydrogen) atoms. The summed E-state index contributed by atoms with van der Waals surface area (Å²) < 4.78 is 26.1. The molecule has 94 valence electrons. The summed E-state index contributed by atoms with van der Waals surface area (Å²) in [6.07, 6.45) is 3.64. The standard InChI is InChI=1S/C14H19F2N/c1-2-11-3-5-17(6-4-11)10-12-7-13(15)9-14(16)8-12/h7-9,11H,2-6,10H2,1H3. The Kier molecular flexibility index (Phi) is 4.11. The maximum absolute atomic E-state index is 13.0. The fourth-order valence-corrected chi connectivity index (χ4v) is 2.51. The van der Waals surface area contributed by atoms with Crippen molar-refractivity contribution in [1.29, 1.82) is 0 Å². The minimum absolute atomic E-state index is 0.483. The van der Waals surface area contributed by atoms with Crippen molar-refractivity contribution in [2.75, 3.05) is 13.1 Å². The average Bonchev–Trinajstić information content (AvgIpc) is 2.28. The van der Waals surface area contributed by atoms with Gasteiger partial charge in [-0.25, -0.2) is 8.78 Å². The Hall–Kier alpha value is -0.960. The molecule has 0 unspecified atom stereocenters. The van der Waals surface area contributed by atoms with Crippen molar-refractivity contribution >= 4 is 0 Å². The quantitative estimate of drug-likeness (QED) is 0.779. The first kappa shape index (κ1) is 12.5. The summed E-state index contributed by atoms with van der Waals surface area (Å²) >= 11 is 0. The number of hydrogen-bond donors (Lipinski definition) is 0. The van der Waals surface area contributed by atoms with Crippen molar-refractivity contribution in [3.05, 3.63) is 35.4 Å². The highest BCUT2D eigenvalue weighted by molar-refractivity contribution is 5.17. The van der Waals surface area contributed by atoms with Gasteiger partial charge in [-0.15, -0.1) is 0 Å². The number of halogens is 2. The summed E-state index contributed by atoms with van der Waals surface area (Å²) in [7, 11) is 0. The van der Waals surface area contributed by atoms with E-state index in [9.17, 15) is 8.78 Å². The van der Waals surface area contributed by atoms with E-state index in [1.165, 1.54) is 31.4 Å². The largest absolute Gasteiger partial charge is 0.299 e. The molecule has 0 radical (unpaired) electrons. The topological polar surface area (TPSA) is 3.24 Å². The summed E-state index contributed by atoms with van der Waals surface area (Å²) in [6, 6.07) is 3.77. The lowest BCUT2D eigenvalue weighted by atomic mass is 9.94. The highest BCUT2D eigenvalue weighted by atomic mass is 19.1. The molecule has 2 rings (SSSR count). The lowest BCUT2D eigenvalue weighted by Crippen LogP contribution is -2.33. The van der Waals surface area contributed by atoms with Crippen LogP contribution in [0.25, 0.3) is 0 Å². The van der Waals surface area contributed by atoms with Gasteiger partial charge in [0.15, 0.2) is 0 Å². The second kappa shape index (κ2) is 5.58. The third kappa shape index (κ3) is 3.50. The molecular weight excluding hydrogens is 220 g/mol. The molecule has 1 fully saturated rings. The van der Waals surface area contributed by atoms with Crippen LogP contribution in [0.4, 0.5) is 8.78 Å². The van der Waals surface area contributed by atoms with Crippen LogP contribution in [0.1, 0.15) is 31.7 Å². The average molecular weight is 239 g/mol. The molecule has 0 saturated carbocycles. The van der Waals surface area contributed by atoms with E-state index in [1.54, 1.807) is 0 Å². The van der Waals surface area contributed by atoms with E-state index in [0.29, 0.717) is 6.54 Å². The van der Waals surface area contributed by atoms with Crippen LogP contribution in [0.2, 0.25) is 0 Å². The van der Waals surface area contributed by atoms with Gasteiger partial charge >= 0.3 is 0 Å². The predicted octanol–water partition coefficient (Wildman–Crippen LogP) is 3.59. The Bertz CT molecular complexity index is 350. The van der Waals surface area contributed by atoms with Crippen LogP contribution in [-0.4, -0.2) is 18.0 Å². The van der Waals surface area contributed by atoms with Gasteiger partial charge in [0.1, 0.15) is 11.6 Å². The van der Waals surface area contributed by atoms with Crippen LogP contribution in [-0.2, 0) is 6.54 Å². The molecule has 0 atom stereocenters. The number of nitrogens with zero attached hydrogens (tertiary/aromatic N) is 1. The van der Waals surface area contributed by atoms with Crippen LogP contribution in [0.3, 0.4) is 0 Å². The van der Waals surface area contributed by atoms with Crippen molar-refractivity contribution in [1.82, 2.24) is 4.90 Å². The van der Waals surface area contributed by atoms with Gasteiger partial charge in [-0.2, -0.15) is 0 Å². The molecule has 1 nitrogen and oxygen atoms in total. The van der Waals surface area contributed by atoms with Gasteiger partial charge in [0.25, 0.3) is 0 Å². The van der Waals surface area contributed by atoms with E-state index in [4.69, 9.17) is 0 Å². The summed E-state index contributed by atoms with van der Waals surface area (Å²) in [5.74, 6) is -0.137. The predicted molar refractivity (Wildman–Crippen MR) is 64.7 cm³/mol. The number of rotatable bonds is 3. The zero-order valence-corrected chi connectivity index (χ0v) is 10.3. The highest BCUT2D eigenvalue weighted by Crippen LogP contribution is 2.21.